The van der Waals surface area contributed by atoms with Crippen molar-refractivity contribution < 1.29 is 4.79 Å². The van der Waals surface area contributed by atoms with Crippen molar-refractivity contribution in [2.24, 2.45) is 10.9 Å². The highest BCUT2D eigenvalue weighted by Crippen LogP contribution is 2.28. The van der Waals surface area contributed by atoms with Gasteiger partial charge in [0.15, 0.2) is 0 Å². The van der Waals surface area contributed by atoms with E-state index in [0.717, 1.165) is 36.8 Å². The lowest BCUT2D eigenvalue weighted by molar-refractivity contribution is -0.125. The molecular formula is C28H50N4O. The van der Waals surface area contributed by atoms with Crippen LogP contribution in [0.25, 0.3) is 0 Å². The first-order valence-corrected chi connectivity index (χ1v) is 13.4. The number of likely N-dealkylation sites (N-methyl/N-ethyl adjacent to an activating group) is 1. The maximum Gasteiger partial charge on any atom is 0.223 e. The highest BCUT2D eigenvalue weighted by atomic mass is 16.1. The third-order valence-corrected chi connectivity index (χ3v) is 7.49. The molecule has 0 aromatic rings. The first-order chi connectivity index (χ1) is 15.7. The van der Waals surface area contributed by atoms with Crippen LogP contribution in [-0.2, 0) is 4.79 Å². The molecule has 0 spiro atoms. The van der Waals surface area contributed by atoms with Crippen LogP contribution in [-0.4, -0.2) is 43.0 Å². The number of rotatable bonds is 12. The Morgan fingerprint density at radius 1 is 1.12 bits per heavy atom. The Kier molecular flexibility index (Phi) is 11.8. The largest absolute Gasteiger partial charge is 0.353 e. The molecule has 2 aliphatic carbocycles. The van der Waals surface area contributed by atoms with Gasteiger partial charge in [-0.25, -0.2) is 0 Å². The number of aliphatic imine (C=N–C) groups is 1. The topological polar surface area (TPSA) is 65.5 Å². The number of hydrogen-bond acceptors (Lipinski definition) is 4. The average molecular weight is 459 g/mol. The SMILES string of the molecule is C=C(CCC(C)C(=O)NC1CCCCC1)C(/C=C(C)\C=N/[C@@H](C)NC1(C)CCCCC1)NC. The molecule has 0 aliphatic heterocycles. The van der Waals surface area contributed by atoms with E-state index in [4.69, 9.17) is 4.99 Å². The Morgan fingerprint density at radius 3 is 2.39 bits per heavy atom. The van der Waals surface area contributed by atoms with Crippen LogP contribution in [0.5, 0.6) is 0 Å². The lowest BCUT2D eigenvalue weighted by Crippen LogP contribution is -2.47. The van der Waals surface area contributed by atoms with Gasteiger partial charge in [0.1, 0.15) is 0 Å². The van der Waals surface area contributed by atoms with Crippen molar-refractivity contribution in [3.8, 4) is 0 Å². The molecule has 3 atom stereocenters. The number of carbonyl (C=O) groups is 1. The molecule has 2 saturated carbocycles. The van der Waals surface area contributed by atoms with E-state index >= 15 is 0 Å². The summed E-state index contributed by atoms with van der Waals surface area (Å²) in [4.78, 5) is 17.3. The second kappa shape index (κ2) is 14.1. The van der Waals surface area contributed by atoms with Crippen molar-refractivity contribution in [1.82, 2.24) is 16.0 Å². The summed E-state index contributed by atoms with van der Waals surface area (Å²) in [5.74, 6) is 0.212. The van der Waals surface area contributed by atoms with Gasteiger partial charge in [-0.15, -0.1) is 0 Å². The molecule has 0 aromatic carbocycles. The third-order valence-electron chi connectivity index (χ3n) is 7.49. The summed E-state index contributed by atoms with van der Waals surface area (Å²) in [7, 11) is 1.96. The van der Waals surface area contributed by atoms with Gasteiger partial charge in [0.05, 0.1) is 6.17 Å². The molecule has 2 rings (SSSR count). The fourth-order valence-corrected chi connectivity index (χ4v) is 5.24. The highest BCUT2D eigenvalue weighted by molar-refractivity contribution is 5.79. The smallest absolute Gasteiger partial charge is 0.223 e. The third kappa shape index (κ3) is 10.1. The molecule has 188 valence electrons. The molecule has 3 N–H and O–H groups in total. The van der Waals surface area contributed by atoms with Crippen LogP contribution in [0.3, 0.4) is 0 Å². The van der Waals surface area contributed by atoms with Gasteiger partial charge in [-0.1, -0.05) is 63.7 Å². The number of nitrogens with zero attached hydrogens (tertiary/aromatic N) is 1. The van der Waals surface area contributed by atoms with Crippen LogP contribution < -0.4 is 16.0 Å². The summed E-state index contributed by atoms with van der Waals surface area (Å²) >= 11 is 0. The Hall–Kier alpha value is -1.46. The molecule has 1 amide bonds. The predicted molar refractivity (Wildman–Crippen MR) is 142 cm³/mol. The lowest BCUT2D eigenvalue weighted by atomic mass is 9.83. The zero-order valence-electron chi connectivity index (χ0n) is 22.0. The summed E-state index contributed by atoms with van der Waals surface area (Å²) < 4.78 is 0. The van der Waals surface area contributed by atoms with Gasteiger partial charge in [0.2, 0.25) is 5.91 Å². The van der Waals surface area contributed by atoms with E-state index in [1.165, 1.54) is 51.4 Å². The predicted octanol–water partition coefficient (Wildman–Crippen LogP) is 5.67. The monoisotopic (exact) mass is 458 g/mol. The average Bonchev–Trinajstić information content (AvgIpc) is 2.80. The van der Waals surface area contributed by atoms with E-state index in [2.05, 4.69) is 49.4 Å². The van der Waals surface area contributed by atoms with Gasteiger partial charge >= 0.3 is 0 Å². The van der Waals surface area contributed by atoms with Crippen molar-refractivity contribution in [3.63, 3.8) is 0 Å². The van der Waals surface area contributed by atoms with Crippen molar-refractivity contribution in [2.75, 3.05) is 7.05 Å². The van der Waals surface area contributed by atoms with Crippen LogP contribution >= 0.6 is 0 Å². The number of carbonyl (C=O) groups excluding carboxylic acids is 1. The molecule has 0 bridgehead atoms. The summed E-state index contributed by atoms with van der Waals surface area (Å²) in [5.41, 5.74) is 2.46. The number of nitrogens with one attached hydrogen (secondary N) is 3. The molecule has 2 aliphatic rings. The minimum Gasteiger partial charge on any atom is -0.353 e. The molecule has 33 heavy (non-hydrogen) atoms. The number of hydrogen-bond donors (Lipinski definition) is 3. The standard InChI is InChI=1S/C28H50N4O/c1-21(20-30-24(4)32-28(5)17-11-8-12-18-28)19-26(29-6)22(2)15-16-23(3)27(33)31-25-13-9-7-10-14-25/h19-20,23-26,29,32H,2,7-18H2,1,3-6H3,(H,31,33)/b21-19-,30-20-/t23?,24-,26?/m1/s1. The zero-order valence-corrected chi connectivity index (χ0v) is 22.0. The molecular weight excluding hydrogens is 408 g/mol. The van der Waals surface area contributed by atoms with Gasteiger partial charge in [0, 0.05) is 29.8 Å². The Labute approximate surface area is 203 Å². The number of amides is 1. The van der Waals surface area contributed by atoms with Gasteiger partial charge < -0.3 is 10.6 Å². The summed E-state index contributed by atoms with van der Waals surface area (Å²) in [5, 5.41) is 10.3. The second-order valence-electron chi connectivity index (χ2n) is 10.8. The maximum absolute atomic E-state index is 12.6. The molecule has 5 heteroatoms. The van der Waals surface area contributed by atoms with Gasteiger partial charge in [-0.3, -0.25) is 15.1 Å². The van der Waals surface area contributed by atoms with Crippen LogP contribution in [0.15, 0.2) is 28.8 Å². The molecule has 0 radical (unpaired) electrons. The van der Waals surface area contributed by atoms with E-state index in [9.17, 15) is 4.79 Å². The van der Waals surface area contributed by atoms with Crippen LogP contribution in [0, 0.1) is 5.92 Å². The van der Waals surface area contributed by atoms with Crippen molar-refractivity contribution in [2.45, 2.75) is 129 Å². The van der Waals surface area contributed by atoms with E-state index in [-0.39, 0.29) is 29.6 Å². The summed E-state index contributed by atoms with van der Waals surface area (Å²) in [6.45, 7) is 12.9. The van der Waals surface area contributed by atoms with Crippen molar-refractivity contribution >= 4 is 12.1 Å². The van der Waals surface area contributed by atoms with Crippen LogP contribution in [0.1, 0.15) is 105 Å². The normalized spacial score (nSPS) is 22.6. The Balaban J connectivity index is 1.79. The lowest BCUT2D eigenvalue weighted by Gasteiger charge is -2.36. The van der Waals surface area contributed by atoms with Gasteiger partial charge in [0.25, 0.3) is 0 Å². The van der Waals surface area contributed by atoms with E-state index in [0.29, 0.717) is 6.04 Å². The van der Waals surface area contributed by atoms with E-state index < -0.39 is 0 Å². The minimum absolute atomic E-state index is 0.0147. The first-order valence-electron chi connectivity index (χ1n) is 13.4. The van der Waals surface area contributed by atoms with Gasteiger partial charge in [-0.05, 0) is 71.9 Å². The summed E-state index contributed by atoms with van der Waals surface area (Å²) in [6.07, 6.45) is 18.4. The highest BCUT2D eigenvalue weighted by Gasteiger charge is 2.27. The Morgan fingerprint density at radius 2 is 1.76 bits per heavy atom. The molecule has 2 unspecified atom stereocenters. The number of allylic oxidation sites excluding steroid dienone is 1. The van der Waals surface area contributed by atoms with E-state index in [1.54, 1.807) is 0 Å². The molecule has 0 saturated heterocycles. The zero-order chi connectivity index (χ0) is 24.3. The van der Waals surface area contributed by atoms with E-state index in [1.807, 2.05) is 20.2 Å². The Bertz CT molecular complexity index is 671. The second-order valence-corrected chi connectivity index (χ2v) is 10.8. The van der Waals surface area contributed by atoms with Crippen LogP contribution in [0.2, 0.25) is 0 Å². The first kappa shape index (κ1) is 27.8. The maximum atomic E-state index is 12.6. The minimum atomic E-state index is 0.0147. The fraction of sp³-hybridized carbons (Fsp3) is 0.786. The quantitative estimate of drug-likeness (QED) is 0.261. The van der Waals surface area contributed by atoms with Gasteiger partial charge in [-0.2, -0.15) is 0 Å². The van der Waals surface area contributed by atoms with Crippen molar-refractivity contribution in [1.29, 1.82) is 0 Å². The van der Waals surface area contributed by atoms with Crippen LogP contribution in [0.4, 0.5) is 0 Å². The fourth-order valence-electron chi connectivity index (χ4n) is 5.24. The molecule has 2 fully saturated rings. The summed E-state index contributed by atoms with van der Waals surface area (Å²) in [6, 6.07) is 0.466. The molecule has 0 aromatic heterocycles. The molecule has 5 nitrogen and oxygen atoms in total. The molecule has 0 heterocycles. The van der Waals surface area contributed by atoms with Crippen molar-refractivity contribution in [3.05, 3.63) is 23.8 Å².